The molecule has 1 aliphatic heterocycles. The highest BCUT2D eigenvalue weighted by molar-refractivity contribution is 6.03. The summed E-state index contributed by atoms with van der Waals surface area (Å²) in [6.45, 7) is 9.66. The van der Waals surface area contributed by atoms with Crippen LogP contribution in [0.5, 0.6) is 0 Å². The molecule has 0 fully saturated rings. The number of hydrogen-bond acceptors (Lipinski definition) is 9. The molecular formula is C38H55N5O5. The van der Waals surface area contributed by atoms with Crippen molar-refractivity contribution < 1.29 is 23.9 Å². The third-order valence-electron chi connectivity index (χ3n) is 9.49. The maximum atomic E-state index is 14.7. The average Bonchev–Trinajstić information content (AvgIpc) is 3.29. The zero-order valence-corrected chi connectivity index (χ0v) is 29.4. The van der Waals surface area contributed by atoms with Crippen LogP contribution in [0.2, 0.25) is 0 Å². The van der Waals surface area contributed by atoms with Gasteiger partial charge >= 0.3 is 5.97 Å². The number of Topliss-reactive ketones (excluding diaryl/α,β-unsaturated/α-hetero) is 1. The van der Waals surface area contributed by atoms with Gasteiger partial charge in [0.25, 0.3) is 5.91 Å². The van der Waals surface area contributed by atoms with Crippen LogP contribution in [-0.2, 0) is 36.8 Å². The number of carbonyl (C=O) groups is 4. The number of esters is 1. The second-order valence-electron chi connectivity index (χ2n) is 13.5. The molecule has 1 heterocycles. The van der Waals surface area contributed by atoms with Gasteiger partial charge in [-0.2, -0.15) is 0 Å². The maximum absolute atomic E-state index is 14.7. The molecule has 6 N–H and O–H groups in total. The van der Waals surface area contributed by atoms with E-state index in [2.05, 4.69) is 6.08 Å². The molecule has 262 valence electrons. The number of rotatable bonds is 15. The Morgan fingerprint density at radius 3 is 2.06 bits per heavy atom. The van der Waals surface area contributed by atoms with E-state index in [1.165, 1.54) is 7.11 Å². The van der Waals surface area contributed by atoms with Gasteiger partial charge in [-0.3, -0.25) is 24.2 Å². The Kier molecular flexibility index (Phi) is 14.2. The first-order valence-corrected chi connectivity index (χ1v) is 17.1. The number of ketones is 1. The highest BCUT2D eigenvalue weighted by Gasteiger charge is 2.51. The monoisotopic (exact) mass is 661 g/mol. The third-order valence-corrected chi connectivity index (χ3v) is 9.49. The molecular weight excluding hydrogens is 606 g/mol. The number of hydrogen-bond donors (Lipinski definition) is 3. The van der Waals surface area contributed by atoms with E-state index in [0.717, 1.165) is 21.6 Å². The SMILES string of the molecule is CCC(=O)N(C(=O)[C@@](N)(C(C)C)N1CCC(C(CN)C(=O)[C@@H](N)Cc2ccccc2)=CC(Cc2ccccc2)C1)[C@H](C(=O)OC)C(C)C. The van der Waals surface area contributed by atoms with Gasteiger partial charge in [0.1, 0.15) is 6.04 Å². The molecule has 0 aliphatic carbocycles. The second kappa shape index (κ2) is 17.6. The van der Waals surface area contributed by atoms with Gasteiger partial charge in [-0.25, -0.2) is 4.79 Å². The maximum Gasteiger partial charge on any atom is 0.329 e. The molecule has 10 nitrogen and oxygen atoms in total. The van der Waals surface area contributed by atoms with E-state index in [9.17, 15) is 19.2 Å². The van der Waals surface area contributed by atoms with Crippen molar-refractivity contribution in [1.29, 1.82) is 0 Å². The van der Waals surface area contributed by atoms with E-state index in [-0.39, 0.29) is 24.7 Å². The van der Waals surface area contributed by atoms with Crippen molar-refractivity contribution in [3.63, 3.8) is 0 Å². The molecule has 5 atom stereocenters. The zero-order chi connectivity index (χ0) is 35.6. The van der Waals surface area contributed by atoms with Crippen LogP contribution < -0.4 is 17.2 Å². The van der Waals surface area contributed by atoms with Crippen LogP contribution in [-0.4, -0.2) is 77.9 Å². The fourth-order valence-electron chi connectivity index (χ4n) is 6.72. The first kappa shape index (κ1) is 38.7. The van der Waals surface area contributed by atoms with Gasteiger partial charge in [-0.1, -0.05) is 107 Å². The van der Waals surface area contributed by atoms with Crippen molar-refractivity contribution in [1.82, 2.24) is 9.80 Å². The predicted molar refractivity (Wildman–Crippen MR) is 188 cm³/mol. The van der Waals surface area contributed by atoms with Crippen LogP contribution >= 0.6 is 0 Å². The van der Waals surface area contributed by atoms with Gasteiger partial charge in [0.15, 0.2) is 11.4 Å². The number of imide groups is 1. The highest BCUT2D eigenvalue weighted by Crippen LogP contribution is 2.33. The summed E-state index contributed by atoms with van der Waals surface area (Å²) in [7, 11) is 1.24. The molecule has 0 bridgehead atoms. The lowest BCUT2D eigenvalue weighted by molar-refractivity contribution is -0.169. The van der Waals surface area contributed by atoms with Crippen LogP contribution in [0.1, 0.15) is 58.6 Å². The summed E-state index contributed by atoms with van der Waals surface area (Å²) in [5.74, 6) is -3.57. The molecule has 2 aromatic rings. The number of amides is 2. The van der Waals surface area contributed by atoms with Crippen molar-refractivity contribution >= 4 is 23.6 Å². The van der Waals surface area contributed by atoms with Crippen LogP contribution in [0.4, 0.5) is 0 Å². The fraction of sp³-hybridized carbons (Fsp3) is 0.526. The lowest BCUT2D eigenvalue weighted by Crippen LogP contribution is -2.71. The van der Waals surface area contributed by atoms with E-state index in [1.54, 1.807) is 20.8 Å². The Balaban J connectivity index is 2.05. The second-order valence-corrected chi connectivity index (χ2v) is 13.5. The molecule has 0 saturated carbocycles. The van der Waals surface area contributed by atoms with E-state index < -0.39 is 53.3 Å². The van der Waals surface area contributed by atoms with E-state index >= 15 is 0 Å². The van der Waals surface area contributed by atoms with Crippen LogP contribution in [0.15, 0.2) is 72.3 Å². The molecule has 3 rings (SSSR count). The number of nitrogens with two attached hydrogens (primary N) is 3. The largest absolute Gasteiger partial charge is 0.467 e. The summed E-state index contributed by atoms with van der Waals surface area (Å²) in [6, 6.07) is 17.8. The Bertz CT molecular complexity index is 1410. The Morgan fingerprint density at radius 2 is 1.56 bits per heavy atom. The molecule has 1 aliphatic rings. The summed E-state index contributed by atoms with van der Waals surface area (Å²) < 4.78 is 5.05. The minimum Gasteiger partial charge on any atom is -0.467 e. The lowest BCUT2D eigenvalue weighted by atomic mass is 9.85. The van der Waals surface area contributed by atoms with Crippen LogP contribution in [0.25, 0.3) is 0 Å². The normalized spacial score (nSPS) is 18.6. The third kappa shape index (κ3) is 9.05. The molecule has 2 aromatic carbocycles. The summed E-state index contributed by atoms with van der Waals surface area (Å²) in [5, 5.41) is 0. The molecule has 48 heavy (non-hydrogen) atoms. The van der Waals surface area contributed by atoms with E-state index in [1.807, 2.05) is 79.4 Å². The number of nitrogens with zero attached hydrogens (tertiary/aromatic N) is 2. The molecule has 0 radical (unpaired) electrons. The zero-order valence-electron chi connectivity index (χ0n) is 29.4. The van der Waals surface area contributed by atoms with Gasteiger partial charge in [-0.05, 0) is 48.1 Å². The van der Waals surface area contributed by atoms with Crippen molar-refractivity contribution in [2.24, 2.45) is 40.9 Å². The number of carbonyl (C=O) groups excluding carboxylic acids is 4. The molecule has 10 heteroatoms. The van der Waals surface area contributed by atoms with Gasteiger partial charge in [0.05, 0.1) is 19.1 Å². The first-order chi connectivity index (χ1) is 22.8. The minimum absolute atomic E-state index is 0.00595. The minimum atomic E-state index is -1.66. The Morgan fingerprint density at radius 1 is 0.979 bits per heavy atom. The van der Waals surface area contributed by atoms with Crippen molar-refractivity contribution in [3.05, 3.63) is 83.4 Å². The summed E-state index contributed by atoms with van der Waals surface area (Å²) in [5.41, 5.74) is 21.2. The Labute approximate surface area is 286 Å². The first-order valence-electron chi connectivity index (χ1n) is 17.1. The van der Waals surface area contributed by atoms with Crippen LogP contribution in [0.3, 0.4) is 0 Å². The summed E-state index contributed by atoms with van der Waals surface area (Å²) >= 11 is 0. The molecule has 0 saturated heterocycles. The van der Waals surface area contributed by atoms with Crippen molar-refractivity contribution in [3.8, 4) is 0 Å². The summed E-state index contributed by atoms with van der Waals surface area (Å²) in [4.78, 5) is 58.0. The molecule has 2 amide bonds. The number of methoxy groups -OCH3 is 1. The van der Waals surface area contributed by atoms with Gasteiger partial charge in [0.2, 0.25) is 5.91 Å². The predicted octanol–water partition coefficient (Wildman–Crippen LogP) is 3.47. The van der Waals surface area contributed by atoms with E-state index in [0.29, 0.717) is 32.4 Å². The van der Waals surface area contributed by atoms with Crippen LogP contribution in [0, 0.1) is 23.7 Å². The lowest BCUT2D eigenvalue weighted by Gasteiger charge is -2.46. The van der Waals surface area contributed by atoms with Crippen molar-refractivity contribution in [2.45, 2.75) is 78.0 Å². The number of benzene rings is 2. The molecule has 0 spiro atoms. The summed E-state index contributed by atoms with van der Waals surface area (Å²) in [6.07, 6.45) is 3.56. The average molecular weight is 662 g/mol. The van der Waals surface area contributed by atoms with Gasteiger partial charge in [0, 0.05) is 26.1 Å². The standard InChI is InChI=1S/C38H55N5O5/c1-7-33(44)43(34(25(2)3)36(46)48-6)37(47)38(41,26(4)5)42-19-18-30(21-29(24-42)20-27-14-10-8-11-15-27)31(23-39)35(45)32(40)22-28-16-12-9-13-17-28/h8-17,21,25-26,29,31-32,34H,7,18-20,22-24,39-41H2,1-6H3/t29?,31?,32-,34-,38+/m0/s1. The van der Waals surface area contributed by atoms with Gasteiger partial charge in [-0.15, -0.1) is 0 Å². The Hall–Kier alpha value is -3.70. The molecule has 0 aromatic heterocycles. The smallest absolute Gasteiger partial charge is 0.329 e. The topological polar surface area (TPSA) is 162 Å². The quantitative estimate of drug-likeness (QED) is 0.192. The fourth-order valence-corrected chi connectivity index (χ4v) is 6.72. The molecule has 2 unspecified atom stereocenters. The van der Waals surface area contributed by atoms with E-state index in [4.69, 9.17) is 21.9 Å². The van der Waals surface area contributed by atoms with Crippen molar-refractivity contribution in [2.75, 3.05) is 26.7 Å². The number of ether oxygens (including phenoxy) is 1. The van der Waals surface area contributed by atoms with Gasteiger partial charge < -0.3 is 21.9 Å². The highest BCUT2D eigenvalue weighted by atomic mass is 16.5.